The SMILES string of the molecule is Cc1cccc(NCC(C(N)=NO)c2ccccc2)c1C. The smallest absolute Gasteiger partial charge is 0.148 e. The third-order valence-corrected chi connectivity index (χ3v) is 3.78. The normalized spacial score (nSPS) is 13.0. The summed E-state index contributed by atoms with van der Waals surface area (Å²) in [4.78, 5) is 0. The predicted octanol–water partition coefficient (Wildman–Crippen LogP) is 3.25. The standard InChI is InChI=1S/C17H21N3O/c1-12-7-6-10-16(13(12)2)19-11-15(17(18)20-21)14-8-4-3-5-9-14/h3-10,15,19,21H,11H2,1-2H3,(H2,18,20). The molecule has 4 heteroatoms. The molecule has 0 saturated carbocycles. The summed E-state index contributed by atoms with van der Waals surface area (Å²) in [6.45, 7) is 4.74. The van der Waals surface area contributed by atoms with Crippen molar-refractivity contribution in [2.75, 3.05) is 11.9 Å². The monoisotopic (exact) mass is 283 g/mol. The van der Waals surface area contributed by atoms with Crippen LogP contribution in [0.1, 0.15) is 22.6 Å². The van der Waals surface area contributed by atoms with Crippen LogP contribution in [0.5, 0.6) is 0 Å². The molecule has 0 fully saturated rings. The lowest BCUT2D eigenvalue weighted by molar-refractivity contribution is 0.316. The molecule has 0 bridgehead atoms. The zero-order valence-electron chi connectivity index (χ0n) is 12.4. The molecule has 0 aliphatic heterocycles. The Hall–Kier alpha value is -2.49. The van der Waals surface area contributed by atoms with Gasteiger partial charge in [0.2, 0.25) is 0 Å². The maximum Gasteiger partial charge on any atom is 0.148 e. The largest absolute Gasteiger partial charge is 0.409 e. The van der Waals surface area contributed by atoms with E-state index in [1.807, 2.05) is 42.5 Å². The summed E-state index contributed by atoms with van der Waals surface area (Å²) in [6, 6.07) is 15.9. The second-order valence-corrected chi connectivity index (χ2v) is 5.12. The summed E-state index contributed by atoms with van der Waals surface area (Å²) in [6.07, 6.45) is 0. The Labute approximate surface area is 125 Å². The first kappa shape index (κ1) is 14.9. The van der Waals surface area contributed by atoms with Crippen LogP contribution in [0.15, 0.2) is 53.7 Å². The van der Waals surface area contributed by atoms with Gasteiger partial charge in [-0.1, -0.05) is 47.6 Å². The van der Waals surface area contributed by atoms with E-state index in [0.717, 1.165) is 11.3 Å². The summed E-state index contributed by atoms with van der Waals surface area (Å²) < 4.78 is 0. The second-order valence-electron chi connectivity index (χ2n) is 5.12. The molecule has 21 heavy (non-hydrogen) atoms. The fourth-order valence-electron chi connectivity index (χ4n) is 2.30. The van der Waals surface area contributed by atoms with Crippen molar-refractivity contribution in [3.63, 3.8) is 0 Å². The van der Waals surface area contributed by atoms with E-state index in [1.54, 1.807) is 0 Å². The van der Waals surface area contributed by atoms with Crippen LogP contribution in [0.25, 0.3) is 0 Å². The van der Waals surface area contributed by atoms with Crippen LogP contribution < -0.4 is 11.1 Å². The molecule has 4 N–H and O–H groups in total. The fourth-order valence-corrected chi connectivity index (χ4v) is 2.30. The molecule has 0 aliphatic carbocycles. The third-order valence-electron chi connectivity index (χ3n) is 3.78. The molecule has 0 saturated heterocycles. The maximum absolute atomic E-state index is 9.00. The Morgan fingerprint density at radius 1 is 1.14 bits per heavy atom. The van der Waals surface area contributed by atoms with E-state index in [4.69, 9.17) is 10.9 Å². The Bertz CT molecular complexity index is 623. The first-order valence-corrected chi connectivity index (χ1v) is 6.96. The Morgan fingerprint density at radius 2 is 1.86 bits per heavy atom. The van der Waals surface area contributed by atoms with E-state index in [9.17, 15) is 0 Å². The highest BCUT2D eigenvalue weighted by atomic mass is 16.4. The van der Waals surface area contributed by atoms with Crippen LogP contribution in [0.4, 0.5) is 5.69 Å². The first-order valence-electron chi connectivity index (χ1n) is 6.96. The fraction of sp³-hybridized carbons (Fsp3) is 0.235. The molecule has 2 aromatic carbocycles. The second kappa shape index (κ2) is 6.79. The number of nitrogens with zero attached hydrogens (tertiary/aromatic N) is 1. The highest BCUT2D eigenvalue weighted by molar-refractivity contribution is 5.87. The van der Waals surface area contributed by atoms with Crippen LogP contribution >= 0.6 is 0 Å². The molecule has 2 rings (SSSR count). The number of amidine groups is 1. The van der Waals surface area contributed by atoms with Gasteiger partial charge in [-0.2, -0.15) is 0 Å². The van der Waals surface area contributed by atoms with Crippen LogP contribution in [-0.2, 0) is 0 Å². The molecule has 1 atom stereocenters. The van der Waals surface area contributed by atoms with Gasteiger partial charge in [0.05, 0.1) is 5.92 Å². The van der Waals surface area contributed by atoms with Crippen molar-refractivity contribution in [3.8, 4) is 0 Å². The highest BCUT2D eigenvalue weighted by Crippen LogP contribution is 2.21. The predicted molar refractivity (Wildman–Crippen MR) is 87.0 cm³/mol. The molecule has 4 nitrogen and oxygen atoms in total. The minimum atomic E-state index is -0.170. The van der Waals surface area contributed by atoms with Gasteiger partial charge in [-0.05, 0) is 36.6 Å². The molecule has 0 amide bonds. The van der Waals surface area contributed by atoms with E-state index >= 15 is 0 Å². The van der Waals surface area contributed by atoms with Crippen molar-refractivity contribution in [2.45, 2.75) is 19.8 Å². The van der Waals surface area contributed by atoms with E-state index < -0.39 is 0 Å². The van der Waals surface area contributed by atoms with Gasteiger partial charge in [0, 0.05) is 12.2 Å². The van der Waals surface area contributed by atoms with Gasteiger partial charge in [-0.25, -0.2) is 0 Å². The molecule has 1 unspecified atom stereocenters. The van der Waals surface area contributed by atoms with Gasteiger partial charge in [0.1, 0.15) is 5.84 Å². The summed E-state index contributed by atoms with van der Waals surface area (Å²) in [5.74, 6) is 0.0371. The van der Waals surface area contributed by atoms with E-state index in [-0.39, 0.29) is 11.8 Å². The number of nitrogens with two attached hydrogens (primary N) is 1. The van der Waals surface area contributed by atoms with Crippen molar-refractivity contribution in [2.24, 2.45) is 10.9 Å². The Balaban J connectivity index is 2.19. The molecule has 0 radical (unpaired) electrons. The number of benzene rings is 2. The number of rotatable bonds is 5. The third kappa shape index (κ3) is 3.54. The molecule has 110 valence electrons. The molecule has 0 heterocycles. The topological polar surface area (TPSA) is 70.6 Å². The minimum absolute atomic E-state index is 0.170. The van der Waals surface area contributed by atoms with Gasteiger partial charge in [0.15, 0.2) is 0 Å². The zero-order chi connectivity index (χ0) is 15.2. The molecule has 0 aliphatic rings. The quantitative estimate of drug-likeness (QED) is 0.341. The number of hydrogen-bond acceptors (Lipinski definition) is 3. The van der Waals surface area contributed by atoms with Gasteiger partial charge in [-0.15, -0.1) is 0 Å². The van der Waals surface area contributed by atoms with Crippen LogP contribution in [0.2, 0.25) is 0 Å². The summed E-state index contributed by atoms with van der Waals surface area (Å²) in [5, 5.41) is 15.6. The molecule has 2 aromatic rings. The lowest BCUT2D eigenvalue weighted by Crippen LogP contribution is -2.28. The number of anilines is 1. The average Bonchev–Trinajstić information content (AvgIpc) is 2.52. The van der Waals surface area contributed by atoms with E-state index in [1.165, 1.54) is 11.1 Å². The molecule has 0 aromatic heterocycles. The first-order chi connectivity index (χ1) is 10.1. The van der Waals surface area contributed by atoms with Gasteiger partial charge >= 0.3 is 0 Å². The van der Waals surface area contributed by atoms with Crippen molar-refractivity contribution in [1.82, 2.24) is 0 Å². The lowest BCUT2D eigenvalue weighted by Gasteiger charge is -2.19. The van der Waals surface area contributed by atoms with Gasteiger partial charge in [0.25, 0.3) is 0 Å². The zero-order valence-corrected chi connectivity index (χ0v) is 12.4. The number of aryl methyl sites for hydroxylation is 1. The number of hydrogen-bond donors (Lipinski definition) is 3. The lowest BCUT2D eigenvalue weighted by atomic mass is 9.97. The van der Waals surface area contributed by atoms with Crippen LogP contribution in [0, 0.1) is 13.8 Å². The minimum Gasteiger partial charge on any atom is -0.409 e. The van der Waals surface area contributed by atoms with Gasteiger partial charge < -0.3 is 16.3 Å². The number of nitrogens with one attached hydrogen (secondary N) is 1. The molecular formula is C17H21N3O. The summed E-state index contributed by atoms with van der Waals surface area (Å²) >= 11 is 0. The Kier molecular flexibility index (Phi) is 4.82. The van der Waals surface area contributed by atoms with Crippen LogP contribution in [0.3, 0.4) is 0 Å². The van der Waals surface area contributed by atoms with Crippen molar-refractivity contribution >= 4 is 11.5 Å². The highest BCUT2D eigenvalue weighted by Gasteiger charge is 2.16. The van der Waals surface area contributed by atoms with E-state index in [2.05, 4.69) is 30.4 Å². The van der Waals surface area contributed by atoms with Crippen LogP contribution in [-0.4, -0.2) is 17.6 Å². The van der Waals surface area contributed by atoms with Crippen molar-refractivity contribution in [3.05, 3.63) is 65.2 Å². The van der Waals surface area contributed by atoms with Gasteiger partial charge in [-0.3, -0.25) is 0 Å². The van der Waals surface area contributed by atoms with Crippen molar-refractivity contribution < 1.29 is 5.21 Å². The molecular weight excluding hydrogens is 262 g/mol. The summed E-state index contributed by atoms with van der Waals surface area (Å²) in [7, 11) is 0. The average molecular weight is 283 g/mol. The summed E-state index contributed by atoms with van der Waals surface area (Å²) in [5.41, 5.74) is 10.4. The molecule has 0 spiro atoms. The number of oxime groups is 1. The maximum atomic E-state index is 9.00. The van der Waals surface area contributed by atoms with E-state index in [0.29, 0.717) is 6.54 Å². The van der Waals surface area contributed by atoms with Crippen molar-refractivity contribution in [1.29, 1.82) is 0 Å². The Morgan fingerprint density at radius 3 is 2.52 bits per heavy atom.